The molecule has 1 saturated heterocycles. The van der Waals surface area contributed by atoms with Crippen LogP contribution in [0.3, 0.4) is 0 Å². The van der Waals surface area contributed by atoms with Gasteiger partial charge in [-0.25, -0.2) is 0 Å². The van der Waals surface area contributed by atoms with E-state index in [1.54, 1.807) is 0 Å². The Morgan fingerprint density at radius 1 is 1.15 bits per heavy atom. The Morgan fingerprint density at radius 2 is 1.77 bits per heavy atom. The van der Waals surface area contributed by atoms with E-state index in [2.05, 4.69) is 5.32 Å². The molecule has 0 radical (unpaired) electrons. The van der Waals surface area contributed by atoms with E-state index in [9.17, 15) is 22.8 Å². The number of carbonyl (C=O) groups is 2. The Hall–Kier alpha value is -1.02. The van der Waals surface area contributed by atoms with Gasteiger partial charge in [-0.2, -0.15) is 13.2 Å². The molecule has 3 N–H and O–H groups in total. The van der Waals surface area contributed by atoms with Crippen molar-refractivity contribution in [3.05, 3.63) is 0 Å². The number of hydrogen-bond acceptors (Lipinski definition) is 3. The lowest BCUT2D eigenvalue weighted by atomic mass is 9.65. The molecule has 1 aliphatic heterocycles. The van der Waals surface area contributed by atoms with Crippen molar-refractivity contribution in [1.82, 2.24) is 10.2 Å². The van der Waals surface area contributed by atoms with Crippen molar-refractivity contribution in [2.24, 2.45) is 23.5 Å². The zero-order valence-electron chi connectivity index (χ0n) is 14.6. The van der Waals surface area contributed by atoms with Crippen molar-refractivity contribution >= 4 is 24.2 Å². The number of nitrogens with one attached hydrogen (secondary N) is 1. The van der Waals surface area contributed by atoms with Gasteiger partial charge in [-0.05, 0) is 50.4 Å². The maximum Gasteiger partial charge on any atom is 0.406 e. The van der Waals surface area contributed by atoms with E-state index in [1.165, 1.54) is 0 Å². The number of halogens is 4. The monoisotopic (exact) mass is 397 g/mol. The smallest absolute Gasteiger partial charge is 0.344 e. The maximum atomic E-state index is 12.6. The van der Waals surface area contributed by atoms with Gasteiger partial charge in [0.2, 0.25) is 11.8 Å². The molecule has 5 nitrogen and oxygen atoms in total. The zero-order chi connectivity index (χ0) is 18.2. The lowest BCUT2D eigenvalue weighted by Crippen LogP contribution is -2.56. The van der Waals surface area contributed by atoms with Crippen molar-refractivity contribution in [3.63, 3.8) is 0 Å². The number of rotatable bonds is 3. The van der Waals surface area contributed by atoms with Gasteiger partial charge in [0, 0.05) is 18.5 Å². The van der Waals surface area contributed by atoms with Crippen molar-refractivity contribution in [3.8, 4) is 0 Å². The molecule has 3 fully saturated rings. The van der Waals surface area contributed by atoms with E-state index in [1.807, 2.05) is 0 Å². The van der Waals surface area contributed by atoms with Crippen molar-refractivity contribution < 1.29 is 22.8 Å². The number of piperidine rings is 1. The minimum atomic E-state index is -4.42. The largest absolute Gasteiger partial charge is 0.406 e. The molecule has 2 amide bonds. The molecule has 9 heteroatoms. The second-order valence-electron chi connectivity index (χ2n) is 7.78. The van der Waals surface area contributed by atoms with Crippen LogP contribution in [0.1, 0.15) is 44.9 Å². The molecular weight excluding hydrogens is 371 g/mol. The normalized spacial score (nSPS) is 34.8. The first-order valence-corrected chi connectivity index (χ1v) is 9.16. The number of likely N-dealkylation sites (tertiary alicyclic amines) is 1. The summed E-state index contributed by atoms with van der Waals surface area (Å²) < 4.78 is 37.7. The molecule has 3 unspecified atom stereocenters. The van der Waals surface area contributed by atoms with Crippen LogP contribution in [0.5, 0.6) is 0 Å². The highest BCUT2D eigenvalue weighted by Crippen LogP contribution is 2.42. The molecule has 0 aromatic rings. The molecule has 150 valence electrons. The lowest BCUT2D eigenvalue weighted by molar-refractivity contribution is -0.165. The number of carbonyl (C=O) groups excluding carboxylic acids is 2. The topological polar surface area (TPSA) is 75.4 Å². The Labute approximate surface area is 157 Å². The standard InChI is InChI=1S/C17H26F3N3O2.ClH/c18-17(19,20)9-23-6-2-5-13(16(23)25)22-15(24)12-7-10-3-1-4-11(8-12)14(10)21;/h10-14H,1-9,21H2,(H,22,24);1H. The van der Waals surface area contributed by atoms with Gasteiger partial charge in [-0.15, -0.1) is 12.4 Å². The number of fused-ring (bicyclic) bond motifs is 2. The molecule has 0 aromatic carbocycles. The Bertz CT molecular complexity index is 518. The van der Waals surface area contributed by atoms with Crippen LogP contribution in [0.25, 0.3) is 0 Å². The molecule has 0 aromatic heterocycles. The summed E-state index contributed by atoms with van der Waals surface area (Å²) in [7, 11) is 0. The van der Waals surface area contributed by atoms with E-state index < -0.39 is 24.7 Å². The molecule has 2 saturated carbocycles. The van der Waals surface area contributed by atoms with Gasteiger partial charge in [0.25, 0.3) is 0 Å². The SMILES string of the molecule is Cl.NC1C2CCCC1CC(C(=O)NC1CCCN(CC(F)(F)F)C1=O)C2. The van der Waals surface area contributed by atoms with Gasteiger partial charge in [-0.3, -0.25) is 9.59 Å². The molecule has 26 heavy (non-hydrogen) atoms. The van der Waals surface area contributed by atoms with Crippen LogP contribution in [-0.2, 0) is 9.59 Å². The second kappa shape index (κ2) is 8.33. The molecule has 2 bridgehead atoms. The van der Waals surface area contributed by atoms with E-state index in [-0.39, 0.29) is 36.8 Å². The first kappa shape index (κ1) is 21.3. The van der Waals surface area contributed by atoms with E-state index >= 15 is 0 Å². The van der Waals surface area contributed by atoms with Crippen LogP contribution in [0, 0.1) is 17.8 Å². The van der Waals surface area contributed by atoms with Crippen molar-refractivity contribution in [2.75, 3.05) is 13.1 Å². The quantitative estimate of drug-likeness (QED) is 0.766. The molecule has 3 rings (SSSR count). The average Bonchev–Trinajstić information content (AvgIpc) is 2.49. The van der Waals surface area contributed by atoms with Crippen molar-refractivity contribution in [2.45, 2.75) is 63.2 Å². The van der Waals surface area contributed by atoms with Crippen molar-refractivity contribution in [1.29, 1.82) is 0 Å². The first-order chi connectivity index (χ1) is 11.7. The molecular formula is C17H27ClF3N3O2. The summed E-state index contributed by atoms with van der Waals surface area (Å²) in [6.45, 7) is -1.16. The Kier molecular flexibility index (Phi) is 6.82. The van der Waals surface area contributed by atoms with Gasteiger partial charge < -0.3 is 16.0 Å². The molecule has 3 atom stereocenters. The Balaban J connectivity index is 0.00000243. The fourth-order valence-corrected chi connectivity index (χ4v) is 4.74. The van der Waals surface area contributed by atoms with Crippen LogP contribution >= 0.6 is 12.4 Å². The molecule has 1 heterocycles. The number of nitrogens with zero attached hydrogens (tertiary/aromatic N) is 1. The highest BCUT2D eigenvalue weighted by atomic mass is 35.5. The third-order valence-electron chi connectivity index (χ3n) is 6.00. The summed E-state index contributed by atoms with van der Waals surface area (Å²) in [5.41, 5.74) is 6.23. The molecule has 0 spiro atoms. The fourth-order valence-electron chi connectivity index (χ4n) is 4.74. The average molecular weight is 398 g/mol. The van der Waals surface area contributed by atoms with Crippen LogP contribution in [0.15, 0.2) is 0 Å². The van der Waals surface area contributed by atoms with Crippen LogP contribution in [0.2, 0.25) is 0 Å². The summed E-state index contributed by atoms with van der Waals surface area (Å²) >= 11 is 0. The Morgan fingerprint density at radius 3 is 2.35 bits per heavy atom. The predicted octanol–water partition coefficient (Wildman–Crippen LogP) is 2.23. The number of alkyl halides is 3. The van der Waals surface area contributed by atoms with Crippen LogP contribution < -0.4 is 11.1 Å². The van der Waals surface area contributed by atoms with E-state index in [0.717, 1.165) is 37.0 Å². The van der Waals surface area contributed by atoms with Gasteiger partial charge in [0.1, 0.15) is 12.6 Å². The molecule has 2 aliphatic carbocycles. The minimum Gasteiger partial charge on any atom is -0.344 e. The minimum absolute atomic E-state index is 0. The summed E-state index contributed by atoms with van der Waals surface area (Å²) in [6, 6.07) is -0.685. The third-order valence-corrected chi connectivity index (χ3v) is 6.00. The number of hydrogen-bond donors (Lipinski definition) is 2. The lowest BCUT2D eigenvalue weighted by Gasteiger charge is -2.44. The summed E-state index contributed by atoms with van der Waals surface area (Å²) in [5.74, 6) is -0.319. The summed E-state index contributed by atoms with van der Waals surface area (Å²) in [6.07, 6.45) is 1.09. The zero-order valence-corrected chi connectivity index (χ0v) is 15.5. The number of nitrogens with two attached hydrogens (primary N) is 1. The van der Waals surface area contributed by atoms with Gasteiger partial charge in [-0.1, -0.05) is 6.42 Å². The van der Waals surface area contributed by atoms with Gasteiger partial charge in [0.05, 0.1) is 0 Å². The van der Waals surface area contributed by atoms with E-state index in [0.29, 0.717) is 24.7 Å². The predicted molar refractivity (Wildman–Crippen MR) is 92.6 cm³/mol. The van der Waals surface area contributed by atoms with E-state index in [4.69, 9.17) is 5.73 Å². The van der Waals surface area contributed by atoms with Gasteiger partial charge in [0.15, 0.2) is 0 Å². The van der Waals surface area contributed by atoms with Crippen LogP contribution in [-0.4, -0.2) is 48.1 Å². The fraction of sp³-hybridized carbons (Fsp3) is 0.882. The molecule has 3 aliphatic rings. The number of amides is 2. The third kappa shape index (κ3) is 4.82. The summed E-state index contributed by atoms with van der Waals surface area (Å²) in [4.78, 5) is 25.7. The summed E-state index contributed by atoms with van der Waals surface area (Å²) in [5, 5.41) is 2.72. The first-order valence-electron chi connectivity index (χ1n) is 9.16. The highest BCUT2D eigenvalue weighted by molar-refractivity contribution is 5.89. The second-order valence-corrected chi connectivity index (χ2v) is 7.78. The maximum absolute atomic E-state index is 12.6. The van der Waals surface area contributed by atoms with Gasteiger partial charge >= 0.3 is 6.18 Å². The highest BCUT2D eigenvalue weighted by Gasteiger charge is 2.42. The van der Waals surface area contributed by atoms with Crippen LogP contribution in [0.4, 0.5) is 13.2 Å².